The molecule has 0 spiro atoms. The molecule has 0 bridgehead atoms. The lowest BCUT2D eigenvalue weighted by Crippen LogP contribution is -1.99. The maximum atomic E-state index is 5.98. The van der Waals surface area contributed by atoms with Crippen LogP contribution in [0.2, 0.25) is 5.02 Å². The molecule has 0 aliphatic carbocycles. The second-order valence-corrected chi connectivity index (χ2v) is 6.91. The molecule has 0 saturated carbocycles. The highest BCUT2D eigenvalue weighted by molar-refractivity contribution is 9.10. The molecule has 0 fully saturated rings. The van der Waals surface area contributed by atoms with Crippen molar-refractivity contribution in [1.29, 1.82) is 0 Å². The first-order chi connectivity index (χ1) is 12.2. The molecular weight excluding hydrogens is 398 g/mol. The summed E-state index contributed by atoms with van der Waals surface area (Å²) in [6.45, 7) is 0. The summed E-state index contributed by atoms with van der Waals surface area (Å²) in [7, 11) is 0. The molecule has 0 aliphatic rings. The molecule has 0 unspecified atom stereocenters. The predicted octanol–water partition coefficient (Wildman–Crippen LogP) is 6.46. The largest absolute Gasteiger partial charge is 0.340 e. The third-order valence-electron chi connectivity index (χ3n) is 3.80. The minimum atomic E-state index is 0.687. The van der Waals surface area contributed by atoms with Crippen molar-refractivity contribution in [2.45, 2.75) is 0 Å². The smallest absolute Gasteiger partial charge is 0.162 e. The van der Waals surface area contributed by atoms with E-state index in [0.29, 0.717) is 10.8 Å². The van der Waals surface area contributed by atoms with Gasteiger partial charge in [-0.25, -0.2) is 9.97 Å². The number of rotatable bonds is 3. The van der Waals surface area contributed by atoms with Crippen LogP contribution in [0.1, 0.15) is 0 Å². The molecule has 5 heteroatoms. The second-order valence-electron chi connectivity index (χ2n) is 5.56. The molecule has 122 valence electrons. The van der Waals surface area contributed by atoms with E-state index in [1.54, 1.807) is 0 Å². The van der Waals surface area contributed by atoms with Crippen LogP contribution in [0.3, 0.4) is 0 Å². The number of hydrogen-bond donors (Lipinski definition) is 1. The Morgan fingerprint density at radius 1 is 0.840 bits per heavy atom. The molecule has 0 radical (unpaired) electrons. The lowest BCUT2D eigenvalue weighted by atomic mass is 10.2. The number of anilines is 2. The van der Waals surface area contributed by atoms with Crippen LogP contribution in [-0.2, 0) is 0 Å². The van der Waals surface area contributed by atoms with Gasteiger partial charge >= 0.3 is 0 Å². The van der Waals surface area contributed by atoms with Gasteiger partial charge in [-0.3, -0.25) is 0 Å². The first-order valence-corrected chi connectivity index (χ1v) is 8.91. The van der Waals surface area contributed by atoms with Gasteiger partial charge in [0.2, 0.25) is 0 Å². The van der Waals surface area contributed by atoms with Gasteiger partial charge < -0.3 is 5.32 Å². The van der Waals surface area contributed by atoms with Gasteiger partial charge in [-0.05, 0) is 42.5 Å². The molecule has 0 amide bonds. The van der Waals surface area contributed by atoms with Crippen molar-refractivity contribution in [2.24, 2.45) is 0 Å². The molecule has 0 atom stereocenters. The molecule has 3 nitrogen and oxygen atoms in total. The van der Waals surface area contributed by atoms with Gasteiger partial charge in [-0.2, -0.15) is 0 Å². The Bertz CT molecular complexity index is 1030. The maximum Gasteiger partial charge on any atom is 0.162 e. The highest BCUT2D eigenvalue weighted by Crippen LogP contribution is 2.29. The summed E-state index contributed by atoms with van der Waals surface area (Å²) in [4.78, 5) is 9.46. The van der Waals surface area contributed by atoms with Gasteiger partial charge in [0.25, 0.3) is 0 Å². The van der Waals surface area contributed by atoms with E-state index in [2.05, 4.69) is 21.2 Å². The van der Waals surface area contributed by atoms with E-state index in [1.807, 2.05) is 72.8 Å². The van der Waals surface area contributed by atoms with Gasteiger partial charge in [0.1, 0.15) is 5.82 Å². The zero-order valence-electron chi connectivity index (χ0n) is 13.1. The average molecular weight is 411 g/mol. The monoisotopic (exact) mass is 409 g/mol. The molecular formula is C20H13BrClN3. The maximum absolute atomic E-state index is 5.98. The van der Waals surface area contributed by atoms with E-state index >= 15 is 0 Å². The molecule has 1 aromatic heterocycles. The molecule has 0 saturated heterocycles. The van der Waals surface area contributed by atoms with Crippen LogP contribution in [0.25, 0.3) is 22.3 Å². The van der Waals surface area contributed by atoms with Crippen molar-refractivity contribution in [3.63, 3.8) is 0 Å². The van der Waals surface area contributed by atoms with Gasteiger partial charge in [-0.15, -0.1) is 0 Å². The van der Waals surface area contributed by atoms with E-state index in [0.717, 1.165) is 32.4 Å². The Kier molecular flexibility index (Phi) is 4.38. The second kappa shape index (κ2) is 6.82. The first kappa shape index (κ1) is 16.1. The number of benzene rings is 3. The summed E-state index contributed by atoms with van der Waals surface area (Å²) in [5, 5.41) is 5.03. The van der Waals surface area contributed by atoms with Crippen molar-refractivity contribution in [3.05, 3.63) is 82.3 Å². The van der Waals surface area contributed by atoms with E-state index in [4.69, 9.17) is 21.6 Å². The lowest BCUT2D eigenvalue weighted by Gasteiger charge is -2.11. The highest BCUT2D eigenvalue weighted by Gasteiger charge is 2.10. The van der Waals surface area contributed by atoms with Crippen molar-refractivity contribution < 1.29 is 0 Å². The Hall–Kier alpha value is -2.43. The minimum Gasteiger partial charge on any atom is -0.340 e. The highest BCUT2D eigenvalue weighted by atomic mass is 79.9. The number of aromatic nitrogens is 2. The molecule has 0 aliphatic heterocycles. The van der Waals surface area contributed by atoms with Crippen LogP contribution in [0.15, 0.2) is 77.3 Å². The van der Waals surface area contributed by atoms with Crippen molar-refractivity contribution >= 4 is 49.9 Å². The van der Waals surface area contributed by atoms with Gasteiger partial charge in [-0.1, -0.05) is 57.9 Å². The Labute approximate surface area is 158 Å². The summed E-state index contributed by atoms with van der Waals surface area (Å²) < 4.78 is 0.982. The number of halogens is 2. The number of fused-ring (bicyclic) bond motifs is 1. The van der Waals surface area contributed by atoms with Crippen molar-refractivity contribution in [3.8, 4) is 11.4 Å². The van der Waals surface area contributed by atoms with Gasteiger partial charge in [0.05, 0.1) is 5.52 Å². The zero-order chi connectivity index (χ0) is 17.2. The zero-order valence-corrected chi connectivity index (χ0v) is 15.4. The van der Waals surface area contributed by atoms with E-state index in [9.17, 15) is 0 Å². The van der Waals surface area contributed by atoms with Crippen LogP contribution in [0, 0.1) is 0 Å². The SMILES string of the molecule is Clc1ccc(Nc2nc(-c3ccccc3)nc3ccc(Br)cc23)cc1. The molecule has 4 aromatic rings. The topological polar surface area (TPSA) is 37.8 Å². The number of hydrogen-bond acceptors (Lipinski definition) is 3. The van der Waals surface area contributed by atoms with Crippen molar-refractivity contribution in [2.75, 3.05) is 5.32 Å². The fourth-order valence-electron chi connectivity index (χ4n) is 2.58. The lowest BCUT2D eigenvalue weighted by molar-refractivity contribution is 1.22. The fraction of sp³-hybridized carbons (Fsp3) is 0. The van der Waals surface area contributed by atoms with Gasteiger partial charge in [0, 0.05) is 26.1 Å². The Morgan fingerprint density at radius 2 is 1.60 bits per heavy atom. The summed E-state index contributed by atoms with van der Waals surface area (Å²) >= 11 is 9.50. The van der Waals surface area contributed by atoms with Crippen molar-refractivity contribution in [1.82, 2.24) is 9.97 Å². The Morgan fingerprint density at radius 3 is 2.36 bits per heavy atom. The van der Waals surface area contributed by atoms with Crippen LogP contribution < -0.4 is 5.32 Å². The van der Waals surface area contributed by atoms with Crippen LogP contribution in [-0.4, -0.2) is 9.97 Å². The van der Waals surface area contributed by atoms with E-state index in [-0.39, 0.29) is 0 Å². The fourth-order valence-corrected chi connectivity index (χ4v) is 3.07. The first-order valence-electron chi connectivity index (χ1n) is 7.74. The molecule has 1 N–H and O–H groups in total. The predicted molar refractivity (Wildman–Crippen MR) is 107 cm³/mol. The molecule has 4 rings (SSSR count). The minimum absolute atomic E-state index is 0.687. The third-order valence-corrected chi connectivity index (χ3v) is 4.54. The number of nitrogens with zero attached hydrogens (tertiary/aromatic N) is 2. The van der Waals surface area contributed by atoms with Crippen LogP contribution in [0.5, 0.6) is 0 Å². The van der Waals surface area contributed by atoms with Crippen LogP contribution in [0.4, 0.5) is 11.5 Å². The quantitative estimate of drug-likeness (QED) is 0.421. The Balaban J connectivity index is 1.87. The third kappa shape index (κ3) is 3.50. The molecule has 3 aromatic carbocycles. The number of nitrogens with one attached hydrogen (secondary N) is 1. The standard InChI is InChI=1S/C20H13BrClN3/c21-14-6-11-18-17(12-14)20(23-16-9-7-15(22)8-10-16)25-19(24-18)13-4-2-1-3-5-13/h1-12H,(H,23,24,25). The summed E-state index contributed by atoms with van der Waals surface area (Å²) in [6.07, 6.45) is 0. The summed E-state index contributed by atoms with van der Waals surface area (Å²) in [6, 6.07) is 23.5. The normalized spacial score (nSPS) is 10.8. The molecule has 25 heavy (non-hydrogen) atoms. The van der Waals surface area contributed by atoms with E-state index in [1.165, 1.54) is 0 Å². The van der Waals surface area contributed by atoms with Gasteiger partial charge in [0.15, 0.2) is 5.82 Å². The molecule has 1 heterocycles. The summed E-state index contributed by atoms with van der Waals surface area (Å²) in [5.74, 6) is 1.44. The summed E-state index contributed by atoms with van der Waals surface area (Å²) in [5.41, 5.74) is 2.78. The van der Waals surface area contributed by atoms with Crippen LogP contribution >= 0.6 is 27.5 Å². The average Bonchev–Trinajstić information content (AvgIpc) is 2.64. The van der Waals surface area contributed by atoms with E-state index < -0.39 is 0 Å².